The Morgan fingerprint density at radius 2 is 1.97 bits per heavy atom. The molecule has 0 radical (unpaired) electrons. The first-order chi connectivity index (χ1) is 17.2. The summed E-state index contributed by atoms with van der Waals surface area (Å²) in [6.45, 7) is 14.2. The maximum absolute atomic E-state index is 6.49. The molecule has 8 heteroatoms. The van der Waals surface area contributed by atoms with Crippen molar-refractivity contribution >= 4 is 17.8 Å². The van der Waals surface area contributed by atoms with Gasteiger partial charge in [0, 0.05) is 68.8 Å². The Morgan fingerprint density at radius 1 is 1.22 bits per heavy atom. The summed E-state index contributed by atoms with van der Waals surface area (Å²) in [7, 11) is 4.18. The predicted octanol–water partition coefficient (Wildman–Crippen LogP) is 4.63. The van der Waals surface area contributed by atoms with E-state index >= 15 is 0 Å². The van der Waals surface area contributed by atoms with Gasteiger partial charge in [-0.3, -0.25) is 19.4 Å². The van der Waals surface area contributed by atoms with E-state index in [2.05, 4.69) is 70.6 Å². The van der Waals surface area contributed by atoms with Crippen molar-refractivity contribution in [2.24, 2.45) is 10.4 Å². The quantitative estimate of drug-likeness (QED) is 0.514. The number of hydrogen-bond acceptors (Lipinski definition) is 6. The summed E-state index contributed by atoms with van der Waals surface area (Å²) in [5.41, 5.74) is 3.98. The molecule has 1 spiro atoms. The highest BCUT2D eigenvalue weighted by Crippen LogP contribution is 2.57. The molecule has 3 fully saturated rings. The summed E-state index contributed by atoms with van der Waals surface area (Å²) in [6.07, 6.45) is 8.18. The molecular formula is C28H36ClN7. The SMILES string of the molecule is C=CN=C[C@@H](C)N1CC2(CC(c3nnc4n3-c3ccc(Cl)cc3CN(C3(C(=C)N(C)C)CC3)C4)C2)C1. The number of likely N-dealkylation sites (tertiary alicyclic amines) is 1. The van der Waals surface area contributed by atoms with Gasteiger partial charge < -0.3 is 4.90 Å². The van der Waals surface area contributed by atoms with Crippen LogP contribution < -0.4 is 0 Å². The zero-order valence-corrected chi connectivity index (χ0v) is 22.4. The molecule has 2 aliphatic heterocycles. The average Bonchev–Trinajstić information content (AvgIpc) is 3.53. The van der Waals surface area contributed by atoms with Crippen molar-refractivity contribution in [1.29, 1.82) is 0 Å². The lowest BCUT2D eigenvalue weighted by Crippen LogP contribution is -2.64. The monoisotopic (exact) mass is 505 g/mol. The Balaban J connectivity index is 1.26. The fourth-order valence-electron chi connectivity index (χ4n) is 6.72. The van der Waals surface area contributed by atoms with Gasteiger partial charge in [-0.25, -0.2) is 0 Å². The largest absolute Gasteiger partial charge is 0.380 e. The van der Waals surface area contributed by atoms with Crippen LogP contribution in [0.1, 0.15) is 55.7 Å². The molecule has 0 unspecified atom stereocenters. The molecule has 4 aliphatic rings. The standard InChI is InChI=1S/C28H36ClN7/c1-6-30-14-19(2)34-17-27(18-34)12-22(13-27)26-32-31-25-16-35(28(9-10-28)20(3)33(4)5)15-21-11-23(29)7-8-24(21)36(25)26/h6-8,11,14,19,22H,1,3,9-10,12-13,15-18H2,2,4-5H3/t19-/m1/s1. The van der Waals surface area contributed by atoms with Crippen LogP contribution in [0.3, 0.4) is 0 Å². The molecular weight excluding hydrogens is 470 g/mol. The molecule has 0 N–H and O–H groups in total. The van der Waals surface area contributed by atoms with Crippen LogP contribution in [0, 0.1) is 5.41 Å². The number of aliphatic imine (C=N–C) groups is 1. The number of fused-ring (bicyclic) bond motifs is 3. The van der Waals surface area contributed by atoms with E-state index in [0.717, 1.165) is 55.7 Å². The van der Waals surface area contributed by atoms with Crippen LogP contribution in [0.2, 0.25) is 5.02 Å². The highest BCUT2D eigenvalue weighted by Gasteiger charge is 2.55. The Bertz CT molecular complexity index is 1230. The number of likely N-dealkylation sites (N-methyl/N-ethyl adjacent to an activating group) is 1. The maximum Gasteiger partial charge on any atom is 0.151 e. The van der Waals surface area contributed by atoms with Crippen LogP contribution in [0.15, 0.2) is 48.2 Å². The van der Waals surface area contributed by atoms with Crippen molar-refractivity contribution in [1.82, 2.24) is 29.5 Å². The molecule has 190 valence electrons. The van der Waals surface area contributed by atoms with Crippen LogP contribution in [0.4, 0.5) is 0 Å². The molecule has 1 atom stereocenters. The van der Waals surface area contributed by atoms with Crippen LogP contribution in [0.5, 0.6) is 0 Å². The summed E-state index contributed by atoms with van der Waals surface area (Å²) in [4.78, 5) is 11.4. The van der Waals surface area contributed by atoms with Gasteiger partial charge in [-0.05, 0) is 61.8 Å². The van der Waals surface area contributed by atoms with E-state index in [9.17, 15) is 0 Å². The van der Waals surface area contributed by atoms with E-state index in [0.29, 0.717) is 17.4 Å². The van der Waals surface area contributed by atoms with Gasteiger partial charge in [0.15, 0.2) is 5.82 Å². The van der Waals surface area contributed by atoms with E-state index in [1.54, 1.807) is 6.20 Å². The van der Waals surface area contributed by atoms with Gasteiger partial charge in [0.1, 0.15) is 5.82 Å². The van der Waals surface area contributed by atoms with Crippen molar-refractivity contribution < 1.29 is 0 Å². The van der Waals surface area contributed by atoms with Crippen molar-refractivity contribution in [3.05, 3.63) is 65.5 Å². The highest BCUT2D eigenvalue weighted by atomic mass is 35.5. The van der Waals surface area contributed by atoms with Crippen LogP contribution in [-0.2, 0) is 13.1 Å². The number of halogens is 1. The maximum atomic E-state index is 6.49. The second-order valence-electron chi connectivity index (χ2n) is 11.5. The Morgan fingerprint density at radius 3 is 2.64 bits per heavy atom. The third-order valence-corrected chi connectivity index (χ3v) is 9.16. The summed E-state index contributed by atoms with van der Waals surface area (Å²) >= 11 is 6.49. The lowest BCUT2D eigenvalue weighted by Gasteiger charge is -2.60. The molecule has 7 nitrogen and oxygen atoms in total. The number of nitrogens with zero attached hydrogens (tertiary/aromatic N) is 7. The zero-order valence-electron chi connectivity index (χ0n) is 21.6. The number of rotatable bonds is 7. The Kier molecular flexibility index (Phi) is 5.67. The molecule has 36 heavy (non-hydrogen) atoms. The topological polar surface area (TPSA) is 52.8 Å². The minimum absolute atomic E-state index is 0.00805. The van der Waals surface area contributed by atoms with Crippen molar-refractivity contribution in [2.45, 2.75) is 63.2 Å². The van der Waals surface area contributed by atoms with Crippen molar-refractivity contribution in [3.8, 4) is 5.69 Å². The fourth-order valence-corrected chi connectivity index (χ4v) is 6.92. The van der Waals surface area contributed by atoms with Gasteiger partial charge in [-0.15, -0.1) is 10.2 Å². The zero-order chi connectivity index (χ0) is 25.2. The van der Waals surface area contributed by atoms with E-state index in [1.165, 1.54) is 29.8 Å². The van der Waals surface area contributed by atoms with Gasteiger partial charge in [0.2, 0.25) is 0 Å². The second-order valence-corrected chi connectivity index (χ2v) is 12.0. The smallest absolute Gasteiger partial charge is 0.151 e. The van der Waals surface area contributed by atoms with Crippen molar-refractivity contribution in [3.63, 3.8) is 0 Å². The third kappa shape index (κ3) is 3.75. The number of aromatic nitrogens is 3. The molecule has 1 aromatic heterocycles. The lowest BCUT2D eigenvalue weighted by molar-refractivity contribution is -0.0809. The Labute approximate surface area is 219 Å². The van der Waals surface area contributed by atoms with Gasteiger partial charge in [-0.2, -0.15) is 0 Å². The molecule has 1 aromatic carbocycles. The van der Waals surface area contributed by atoms with E-state index < -0.39 is 0 Å². The highest BCUT2D eigenvalue weighted by molar-refractivity contribution is 6.30. The van der Waals surface area contributed by atoms with Crippen molar-refractivity contribution in [2.75, 3.05) is 27.2 Å². The van der Waals surface area contributed by atoms with Crippen LogP contribution >= 0.6 is 11.6 Å². The molecule has 0 bridgehead atoms. The fraction of sp³-hybridized carbons (Fsp3) is 0.536. The first-order valence-electron chi connectivity index (χ1n) is 13.0. The van der Waals surface area contributed by atoms with E-state index in [1.807, 2.05) is 12.3 Å². The minimum Gasteiger partial charge on any atom is -0.380 e. The normalized spacial score (nSPS) is 23.3. The predicted molar refractivity (Wildman–Crippen MR) is 145 cm³/mol. The Hall–Kier alpha value is -2.48. The van der Waals surface area contributed by atoms with Crippen LogP contribution in [0.25, 0.3) is 5.69 Å². The van der Waals surface area contributed by atoms with Gasteiger partial charge in [0.05, 0.1) is 17.8 Å². The molecule has 1 saturated heterocycles. The van der Waals surface area contributed by atoms with Gasteiger partial charge in [0.25, 0.3) is 0 Å². The molecule has 2 aromatic rings. The average molecular weight is 506 g/mol. The van der Waals surface area contributed by atoms with Crippen LogP contribution in [-0.4, -0.2) is 74.4 Å². The van der Waals surface area contributed by atoms with E-state index in [-0.39, 0.29) is 5.54 Å². The summed E-state index contributed by atoms with van der Waals surface area (Å²) in [6, 6.07) is 6.62. The van der Waals surface area contributed by atoms with E-state index in [4.69, 9.17) is 21.8 Å². The minimum atomic E-state index is -0.00805. The second kappa shape index (κ2) is 8.54. The van der Waals surface area contributed by atoms with Gasteiger partial charge in [-0.1, -0.05) is 24.8 Å². The summed E-state index contributed by atoms with van der Waals surface area (Å²) < 4.78 is 2.34. The first kappa shape index (κ1) is 23.9. The number of hydrogen-bond donors (Lipinski definition) is 0. The molecule has 3 heterocycles. The molecule has 6 rings (SSSR count). The van der Waals surface area contributed by atoms with Gasteiger partial charge >= 0.3 is 0 Å². The first-order valence-corrected chi connectivity index (χ1v) is 13.4. The lowest BCUT2D eigenvalue weighted by atomic mass is 9.57. The molecule has 0 amide bonds. The summed E-state index contributed by atoms with van der Waals surface area (Å²) in [5, 5.41) is 10.3. The number of benzene rings is 1. The molecule has 2 saturated carbocycles. The third-order valence-electron chi connectivity index (χ3n) is 8.92. The summed E-state index contributed by atoms with van der Waals surface area (Å²) in [5.74, 6) is 2.57. The molecule has 2 aliphatic carbocycles.